The van der Waals surface area contributed by atoms with Crippen LogP contribution in [0.25, 0.3) is 0 Å². The number of hydrogen-bond donors (Lipinski definition) is 2. The second kappa shape index (κ2) is 8.96. The summed E-state index contributed by atoms with van der Waals surface area (Å²) >= 11 is 0. The molecule has 0 saturated carbocycles. The minimum absolute atomic E-state index is 0.0646. The Bertz CT molecular complexity index is 663. The van der Waals surface area contributed by atoms with Crippen LogP contribution in [0.4, 0.5) is 5.69 Å². The molecule has 4 heteroatoms. The first-order valence-corrected chi connectivity index (χ1v) is 8.28. The monoisotopic (exact) mass is 326 g/mol. The number of ether oxygens (including phenoxy) is 1. The number of carbonyl (C=O) groups is 1. The molecule has 2 aromatic rings. The fourth-order valence-electron chi connectivity index (χ4n) is 2.66. The first kappa shape index (κ1) is 17.9. The van der Waals surface area contributed by atoms with Crippen LogP contribution in [-0.2, 0) is 11.2 Å². The third-order valence-corrected chi connectivity index (χ3v) is 3.77. The number of methoxy groups -OCH3 is 1. The molecule has 4 nitrogen and oxygen atoms in total. The van der Waals surface area contributed by atoms with Gasteiger partial charge in [-0.25, -0.2) is 0 Å². The Hall–Kier alpha value is -2.49. The van der Waals surface area contributed by atoms with Crippen molar-refractivity contribution in [3.8, 4) is 5.75 Å². The summed E-state index contributed by atoms with van der Waals surface area (Å²) in [5.74, 6) is 0.909. The van der Waals surface area contributed by atoms with E-state index in [1.807, 2.05) is 24.3 Å². The minimum atomic E-state index is 0.0646. The number of nitrogens with one attached hydrogen (secondary N) is 2. The molecule has 0 aliphatic heterocycles. The Morgan fingerprint density at radius 1 is 1.04 bits per heavy atom. The van der Waals surface area contributed by atoms with Gasteiger partial charge in [-0.15, -0.1) is 0 Å². The molecule has 0 aliphatic rings. The SMILES string of the molecule is COc1cccc(CCNC(=O)CCNc2cc(C)cc(C)c2)c1. The quantitative estimate of drug-likeness (QED) is 0.781. The maximum atomic E-state index is 11.9. The van der Waals surface area contributed by atoms with E-state index in [-0.39, 0.29) is 5.91 Å². The van der Waals surface area contributed by atoms with Crippen molar-refractivity contribution in [2.45, 2.75) is 26.7 Å². The lowest BCUT2D eigenvalue weighted by Gasteiger charge is -2.09. The topological polar surface area (TPSA) is 50.4 Å². The molecule has 0 heterocycles. The number of aryl methyl sites for hydroxylation is 2. The van der Waals surface area contributed by atoms with Crippen molar-refractivity contribution in [3.63, 3.8) is 0 Å². The normalized spacial score (nSPS) is 10.3. The van der Waals surface area contributed by atoms with Crippen LogP contribution in [0.2, 0.25) is 0 Å². The Kier molecular flexibility index (Phi) is 6.67. The Morgan fingerprint density at radius 2 is 1.79 bits per heavy atom. The van der Waals surface area contributed by atoms with E-state index in [0.717, 1.165) is 23.4 Å². The maximum absolute atomic E-state index is 11.9. The van der Waals surface area contributed by atoms with E-state index in [0.29, 0.717) is 19.5 Å². The van der Waals surface area contributed by atoms with E-state index in [1.165, 1.54) is 11.1 Å². The summed E-state index contributed by atoms with van der Waals surface area (Å²) in [6, 6.07) is 14.2. The average Bonchev–Trinajstić information content (AvgIpc) is 2.54. The van der Waals surface area contributed by atoms with Crippen LogP contribution in [0.3, 0.4) is 0 Å². The second-order valence-electron chi connectivity index (χ2n) is 6.00. The first-order chi connectivity index (χ1) is 11.6. The highest BCUT2D eigenvalue weighted by Gasteiger charge is 2.02. The highest BCUT2D eigenvalue weighted by atomic mass is 16.5. The smallest absolute Gasteiger partial charge is 0.221 e. The van der Waals surface area contributed by atoms with Crippen LogP contribution in [-0.4, -0.2) is 26.1 Å². The van der Waals surface area contributed by atoms with Crippen LogP contribution >= 0.6 is 0 Å². The molecule has 0 fully saturated rings. The van der Waals surface area contributed by atoms with Crippen LogP contribution in [0.5, 0.6) is 5.75 Å². The fraction of sp³-hybridized carbons (Fsp3) is 0.350. The summed E-state index contributed by atoms with van der Waals surface area (Å²) in [4.78, 5) is 11.9. The molecule has 2 aromatic carbocycles. The molecule has 0 spiro atoms. The third kappa shape index (κ3) is 5.95. The molecule has 0 unspecified atom stereocenters. The van der Waals surface area contributed by atoms with Crippen molar-refractivity contribution in [1.29, 1.82) is 0 Å². The van der Waals surface area contributed by atoms with Gasteiger partial charge in [0.2, 0.25) is 5.91 Å². The minimum Gasteiger partial charge on any atom is -0.497 e. The summed E-state index contributed by atoms with van der Waals surface area (Å²) in [7, 11) is 1.66. The van der Waals surface area contributed by atoms with Crippen molar-refractivity contribution >= 4 is 11.6 Å². The Labute approximate surface area is 144 Å². The van der Waals surface area contributed by atoms with Gasteiger partial charge in [-0.1, -0.05) is 18.2 Å². The van der Waals surface area contributed by atoms with Crippen LogP contribution in [0.1, 0.15) is 23.1 Å². The van der Waals surface area contributed by atoms with E-state index < -0.39 is 0 Å². The molecule has 24 heavy (non-hydrogen) atoms. The second-order valence-corrected chi connectivity index (χ2v) is 6.00. The Morgan fingerprint density at radius 3 is 2.50 bits per heavy atom. The lowest BCUT2D eigenvalue weighted by molar-refractivity contribution is -0.120. The zero-order chi connectivity index (χ0) is 17.4. The van der Waals surface area contributed by atoms with Gasteiger partial charge in [0, 0.05) is 25.2 Å². The van der Waals surface area contributed by atoms with Crippen molar-refractivity contribution in [2.24, 2.45) is 0 Å². The van der Waals surface area contributed by atoms with Gasteiger partial charge in [-0.3, -0.25) is 4.79 Å². The largest absolute Gasteiger partial charge is 0.497 e. The van der Waals surface area contributed by atoms with Gasteiger partial charge < -0.3 is 15.4 Å². The molecule has 2 N–H and O–H groups in total. The number of benzene rings is 2. The van der Waals surface area contributed by atoms with Crippen molar-refractivity contribution in [2.75, 3.05) is 25.5 Å². The number of hydrogen-bond acceptors (Lipinski definition) is 3. The molecular formula is C20H26N2O2. The van der Waals surface area contributed by atoms with Crippen LogP contribution in [0, 0.1) is 13.8 Å². The molecule has 0 atom stereocenters. The standard InChI is InChI=1S/C20H26N2O2/c1-15-11-16(2)13-18(12-15)21-10-8-20(23)22-9-7-17-5-4-6-19(14-17)24-3/h4-6,11-14,21H,7-10H2,1-3H3,(H,22,23). The lowest BCUT2D eigenvalue weighted by atomic mass is 10.1. The predicted octanol–water partition coefficient (Wildman–Crippen LogP) is 3.47. The molecule has 0 radical (unpaired) electrons. The average molecular weight is 326 g/mol. The van der Waals surface area contributed by atoms with Gasteiger partial charge >= 0.3 is 0 Å². The lowest BCUT2D eigenvalue weighted by Crippen LogP contribution is -2.27. The van der Waals surface area contributed by atoms with E-state index in [4.69, 9.17) is 4.74 Å². The Balaban J connectivity index is 1.68. The fourth-order valence-corrected chi connectivity index (χ4v) is 2.66. The van der Waals surface area contributed by atoms with Crippen molar-refractivity contribution < 1.29 is 9.53 Å². The number of rotatable bonds is 8. The summed E-state index contributed by atoms with van der Waals surface area (Å²) in [5, 5.41) is 6.26. The van der Waals surface area contributed by atoms with Gasteiger partial charge in [0.25, 0.3) is 0 Å². The first-order valence-electron chi connectivity index (χ1n) is 8.28. The van der Waals surface area contributed by atoms with Gasteiger partial charge in [0.15, 0.2) is 0 Å². The van der Waals surface area contributed by atoms with Gasteiger partial charge in [-0.05, 0) is 61.2 Å². The number of carbonyl (C=O) groups excluding carboxylic acids is 1. The van der Waals surface area contributed by atoms with Crippen molar-refractivity contribution in [1.82, 2.24) is 5.32 Å². The van der Waals surface area contributed by atoms with E-state index in [1.54, 1.807) is 7.11 Å². The van der Waals surface area contributed by atoms with E-state index >= 15 is 0 Å². The molecule has 0 saturated heterocycles. The zero-order valence-electron chi connectivity index (χ0n) is 14.7. The van der Waals surface area contributed by atoms with Crippen molar-refractivity contribution in [3.05, 3.63) is 59.2 Å². The summed E-state index contributed by atoms with van der Waals surface area (Å²) in [6.07, 6.45) is 1.26. The predicted molar refractivity (Wildman–Crippen MR) is 98.7 cm³/mol. The molecule has 1 amide bonds. The summed E-state index contributed by atoms with van der Waals surface area (Å²) in [5.41, 5.74) is 4.67. The molecule has 0 aliphatic carbocycles. The van der Waals surface area contributed by atoms with Gasteiger partial charge in [0.1, 0.15) is 5.75 Å². The molecule has 0 aromatic heterocycles. The summed E-state index contributed by atoms with van der Waals surface area (Å²) < 4.78 is 5.20. The van der Waals surface area contributed by atoms with Crippen LogP contribution < -0.4 is 15.4 Å². The molecule has 2 rings (SSSR count). The molecular weight excluding hydrogens is 300 g/mol. The van der Waals surface area contributed by atoms with E-state index in [2.05, 4.69) is 42.7 Å². The molecule has 128 valence electrons. The van der Waals surface area contributed by atoms with Gasteiger partial charge in [0.05, 0.1) is 7.11 Å². The third-order valence-electron chi connectivity index (χ3n) is 3.77. The highest BCUT2D eigenvalue weighted by molar-refractivity contribution is 5.76. The number of anilines is 1. The molecule has 0 bridgehead atoms. The van der Waals surface area contributed by atoms with E-state index in [9.17, 15) is 4.79 Å². The highest BCUT2D eigenvalue weighted by Crippen LogP contribution is 2.14. The van der Waals surface area contributed by atoms with Gasteiger partial charge in [-0.2, -0.15) is 0 Å². The maximum Gasteiger partial charge on any atom is 0.221 e. The summed E-state index contributed by atoms with van der Waals surface area (Å²) in [6.45, 7) is 5.41. The zero-order valence-corrected chi connectivity index (χ0v) is 14.7. The number of amides is 1. The van der Waals surface area contributed by atoms with Crippen LogP contribution in [0.15, 0.2) is 42.5 Å².